The maximum atomic E-state index is 11.4. The molecule has 1 fully saturated rings. The van der Waals surface area contributed by atoms with Crippen LogP contribution in [0.5, 0.6) is 0 Å². The number of amides is 2. The summed E-state index contributed by atoms with van der Waals surface area (Å²) >= 11 is 0. The maximum Gasteiger partial charge on any atom is 0.317 e. The Morgan fingerprint density at radius 3 is 3.08 bits per heavy atom. The lowest BCUT2D eigenvalue weighted by atomic mass is 10.1. The first-order chi connectivity index (χ1) is 6.29. The number of likely N-dealkylation sites (tertiary alicyclic amines) is 1. The molecule has 1 saturated heterocycles. The van der Waals surface area contributed by atoms with Crippen LogP contribution in [-0.4, -0.2) is 37.1 Å². The molecule has 4 heteroatoms. The highest BCUT2D eigenvalue weighted by molar-refractivity contribution is 5.74. The molecule has 0 aromatic carbocycles. The average molecular weight is 185 g/mol. The van der Waals surface area contributed by atoms with E-state index in [9.17, 15) is 4.79 Å². The van der Waals surface area contributed by atoms with Crippen LogP contribution < -0.4 is 11.1 Å². The second-order valence-electron chi connectivity index (χ2n) is 3.48. The molecular formula is C9H19N3O. The monoisotopic (exact) mass is 185 g/mol. The Kier molecular flexibility index (Phi) is 4.02. The van der Waals surface area contributed by atoms with Gasteiger partial charge in [-0.15, -0.1) is 0 Å². The topological polar surface area (TPSA) is 58.4 Å². The van der Waals surface area contributed by atoms with Gasteiger partial charge in [-0.3, -0.25) is 0 Å². The van der Waals surface area contributed by atoms with Gasteiger partial charge in [-0.25, -0.2) is 4.79 Å². The zero-order valence-electron chi connectivity index (χ0n) is 8.25. The lowest BCUT2D eigenvalue weighted by Crippen LogP contribution is -2.41. The Labute approximate surface area is 79.5 Å². The highest BCUT2D eigenvalue weighted by atomic mass is 16.2. The van der Waals surface area contributed by atoms with Gasteiger partial charge in [0.2, 0.25) is 0 Å². The number of hydrogen-bond donors (Lipinski definition) is 2. The summed E-state index contributed by atoms with van der Waals surface area (Å²) < 4.78 is 0. The smallest absolute Gasteiger partial charge is 0.317 e. The molecule has 0 aromatic heterocycles. The van der Waals surface area contributed by atoms with Crippen LogP contribution in [0.2, 0.25) is 0 Å². The van der Waals surface area contributed by atoms with E-state index < -0.39 is 0 Å². The lowest BCUT2D eigenvalue weighted by Gasteiger charge is -2.23. The number of nitrogens with one attached hydrogen (secondary N) is 1. The minimum absolute atomic E-state index is 0.0551. The number of hydrogen-bond acceptors (Lipinski definition) is 2. The van der Waals surface area contributed by atoms with Gasteiger partial charge in [-0.1, -0.05) is 0 Å². The van der Waals surface area contributed by atoms with Crippen molar-refractivity contribution in [1.29, 1.82) is 0 Å². The number of urea groups is 1. The molecule has 76 valence electrons. The molecule has 1 aliphatic heterocycles. The minimum atomic E-state index is 0.0551. The summed E-state index contributed by atoms with van der Waals surface area (Å²) in [5.74, 6) is 0. The van der Waals surface area contributed by atoms with Gasteiger partial charge in [0.25, 0.3) is 0 Å². The molecule has 1 heterocycles. The summed E-state index contributed by atoms with van der Waals surface area (Å²) in [6, 6.07) is 0.475. The lowest BCUT2D eigenvalue weighted by molar-refractivity contribution is 0.192. The van der Waals surface area contributed by atoms with E-state index in [0.717, 1.165) is 38.8 Å². The van der Waals surface area contributed by atoms with Crippen molar-refractivity contribution in [2.45, 2.75) is 31.7 Å². The number of carbonyl (C=O) groups is 1. The van der Waals surface area contributed by atoms with Crippen LogP contribution in [0.25, 0.3) is 0 Å². The summed E-state index contributed by atoms with van der Waals surface area (Å²) in [7, 11) is 1.68. The average Bonchev–Trinajstić information content (AvgIpc) is 2.61. The van der Waals surface area contributed by atoms with E-state index in [1.807, 2.05) is 4.90 Å². The molecule has 1 aliphatic rings. The molecule has 0 saturated carbocycles. The van der Waals surface area contributed by atoms with Crippen molar-refractivity contribution in [2.24, 2.45) is 5.73 Å². The highest BCUT2D eigenvalue weighted by Gasteiger charge is 2.26. The van der Waals surface area contributed by atoms with E-state index in [1.54, 1.807) is 7.05 Å². The third-order valence-corrected chi connectivity index (χ3v) is 2.59. The van der Waals surface area contributed by atoms with Gasteiger partial charge in [0.05, 0.1) is 0 Å². The van der Waals surface area contributed by atoms with Gasteiger partial charge in [0.15, 0.2) is 0 Å². The van der Waals surface area contributed by atoms with Crippen LogP contribution >= 0.6 is 0 Å². The fourth-order valence-electron chi connectivity index (χ4n) is 1.90. The number of carbonyl (C=O) groups excluding carboxylic acids is 1. The molecule has 0 aliphatic carbocycles. The maximum absolute atomic E-state index is 11.4. The zero-order valence-corrected chi connectivity index (χ0v) is 8.25. The minimum Gasteiger partial charge on any atom is -0.341 e. The molecule has 3 N–H and O–H groups in total. The molecule has 0 aromatic rings. The van der Waals surface area contributed by atoms with E-state index in [1.165, 1.54) is 0 Å². The van der Waals surface area contributed by atoms with E-state index in [0.29, 0.717) is 6.04 Å². The van der Waals surface area contributed by atoms with Crippen molar-refractivity contribution >= 4 is 6.03 Å². The molecule has 4 nitrogen and oxygen atoms in total. The third-order valence-electron chi connectivity index (χ3n) is 2.59. The Morgan fingerprint density at radius 1 is 1.69 bits per heavy atom. The molecule has 0 spiro atoms. The van der Waals surface area contributed by atoms with E-state index in [-0.39, 0.29) is 6.03 Å². The summed E-state index contributed by atoms with van der Waals surface area (Å²) in [5, 5.41) is 2.67. The van der Waals surface area contributed by atoms with Crippen LogP contribution in [0.3, 0.4) is 0 Å². The molecule has 2 amide bonds. The summed E-state index contributed by atoms with van der Waals surface area (Å²) in [4.78, 5) is 13.3. The van der Waals surface area contributed by atoms with Crippen molar-refractivity contribution in [1.82, 2.24) is 10.2 Å². The quantitative estimate of drug-likeness (QED) is 0.674. The Morgan fingerprint density at radius 2 is 2.46 bits per heavy atom. The first kappa shape index (κ1) is 10.3. The third kappa shape index (κ3) is 2.59. The first-order valence-electron chi connectivity index (χ1n) is 4.98. The van der Waals surface area contributed by atoms with Crippen molar-refractivity contribution in [3.05, 3.63) is 0 Å². The van der Waals surface area contributed by atoms with Crippen LogP contribution in [0.4, 0.5) is 4.79 Å². The Bertz CT molecular complexity index is 172. The Hall–Kier alpha value is -0.770. The second kappa shape index (κ2) is 5.07. The normalized spacial score (nSPS) is 22.0. The van der Waals surface area contributed by atoms with Gasteiger partial charge >= 0.3 is 6.03 Å². The van der Waals surface area contributed by atoms with E-state index in [4.69, 9.17) is 5.73 Å². The standard InChI is InChI=1S/C9H19N3O/c1-11-9(13)12-7-3-5-8(12)4-2-6-10/h8H,2-7,10H2,1H3,(H,11,13). The van der Waals surface area contributed by atoms with Gasteiger partial charge < -0.3 is 16.0 Å². The fraction of sp³-hybridized carbons (Fsp3) is 0.889. The molecule has 1 atom stereocenters. The predicted octanol–water partition coefficient (Wildman–Crippen LogP) is 0.529. The van der Waals surface area contributed by atoms with Crippen LogP contribution in [0.1, 0.15) is 25.7 Å². The van der Waals surface area contributed by atoms with Crippen molar-refractivity contribution in [2.75, 3.05) is 20.1 Å². The van der Waals surface area contributed by atoms with Crippen LogP contribution in [0, 0.1) is 0 Å². The molecular weight excluding hydrogens is 166 g/mol. The summed E-state index contributed by atoms with van der Waals surface area (Å²) in [5.41, 5.74) is 5.44. The summed E-state index contributed by atoms with van der Waals surface area (Å²) in [6.07, 6.45) is 4.32. The number of nitrogens with two attached hydrogens (primary N) is 1. The molecule has 0 bridgehead atoms. The van der Waals surface area contributed by atoms with Gasteiger partial charge in [0.1, 0.15) is 0 Å². The Balaban J connectivity index is 2.39. The van der Waals surface area contributed by atoms with E-state index in [2.05, 4.69) is 5.32 Å². The highest BCUT2D eigenvalue weighted by Crippen LogP contribution is 2.20. The van der Waals surface area contributed by atoms with Gasteiger partial charge in [-0.2, -0.15) is 0 Å². The number of rotatable bonds is 3. The van der Waals surface area contributed by atoms with Crippen molar-refractivity contribution in [3.8, 4) is 0 Å². The molecule has 1 rings (SSSR count). The predicted molar refractivity (Wildman–Crippen MR) is 52.5 cm³/mol. The van der Waals surface area contributed by atoms with Crippen molar-refractivity contribution in [3.63, 3.8) is 0 Å². The van der Waals surface area contributed by atoms with E-state index >= 15 is 0 Å². The zero-order chi connectivity index (χ0) is 9.68. The van der Waals surface area contributed by atoms with Gasteiger partial charge in [-0.05, 0) is 32.2 Å². The van der Waals surface area contributed by atoms with Gasteiger partial charge in [0, 0.05) is 19.6 Å². The SMILES string of the molecule is CNC(=O)N1CCCC1CCCN. The first-order valence-corrected chi connectivity index (χ1v) is 4.98. The molecule has 13 heavy (non-hydrogen) atoms. The second-order valence-corrected chi connectivity index (χ2v) is 3.48. The fourth-order valence-corrected chi connectivity index (χ4v) is 1.90. The van der Waals surface area contributed by atoms with Crippen LogP contribution in [-0.2, 0) is 0 Å². The molecule has 1 unspecified atom stereocenters. The van der Waals surface area contributed by atoms with Crippen molar-refractivity contribution < 1.29 is 4.79 Å². The largest absolute Gasteiger partial charge is 0.341 e. The molecule has 0 radical (unpaired) electrons. The van der Waals surface area contributed by atoms with Crippen LogP contribution in [0.15, 0.2) is 0 Å². The number of nitrogens with zero attached hydrogens (tertiary/aromatic N) is 1. The summed E-state index contributed by atoms with van der Waals surface area (Å²) in [6.45, 7) is 1.62.